The fourth-order valence-electron chi connectivity index (χ4n) is 3.89. The van der Waals surface area contributed by atoms with Gasteiger partial charge in [-0.25, -0.2) is 4.79 Å². The summed E-state index contributed by atoms with van der Waals surface area (Å²) < 4.78 is 12.2. The molecule has 1 N–H and O–H groups in total. The van der Waals surface area contributed by atoms with Gasteiger partial charge < -0.3 is 14.5 Å². The smallest absolute Gasteiger partial charge is 0.411 e. The maximum atomic E-state index is 12.7. The van der Waals surface area contributed by atoms with E-state index in [2.05, 4.69) is 60.0 Å². The van der Waals surface area contributed by atoms with Crippen LogP contribution in [0.4, 0.5) is 4.79 Å². The summed E-state index contributed by atoms with van der Waals surface area (Å²) >= 11 is 0. The van der Waals surface area contributed by atoms with Gasteiger partial charge in [0.1, 0.15) is 12.6 Å². The van der Waals surface area contributed by atoms with Crippen molar-refractivity contribution in [3.63, 3.8) is 0 Å². The van der Waals surface area contributed by atoms with Gasteiger partial charge in [-0.15, -0.1) is 0 Å². The van der Waals surface area contributed by atoms with Crippen LogP contribution in [-0.2, 0) is 14.0 Å². The zero-order chi connectivity index (χ0) is 22.5. The highest BCUT2D eigenvalue weighted by atomic mass is 28.4. The fraction of sp³-hybridized carbons (Fsp3) is 0.652. The molecule has 0 aromatic heterocycles. The predicted molar refractivity (Wildman–Crippen MR) is 120 cm³/mol. The van der Waals surface area contributed by atoms with Crippen LogP contribution >= 0.6 is 0 Å². The van der Waals surface area contributed by atoms with Gasteiger partial charge in [-0.1, -0.05) is 71.9 Å². The molecule has 2 heterocycles. The van der Waals surface area contributed by atoms with Gasteiger partial charge in [-0.2, -0.15) is 0 Å². The Labute approximate surface area is 181 Å². The minimum atomic E-state index is -2.10. The number of cyclic esters (lactones) is 1. The Hall–Kier alpha value is -1.86. The average Bonchev–Trinajstić information content (AvgIpc) is 2.98. The topological polar surface area (TPSA) is 67.9 Å². The van der Waals surface area contributed by atoms with Crippen molar-refractivity contribution in [2.75, 3.05) is 6.61 Å². The molecule has 0 saturated carbocycles. The molecule has 1 aromatic rings. The molecule has 0 aliphatic carbocycles. The van der Waals surface area contributed by atoms with E-state index < -0.39 is 20.5 Å². The lowest BCUT2D eigenvalue weighted by Crippen LogP contribution is -2.75. The lowest BCUT2D eigenvalue weighted by molar-refractivity contribution is -0.143. The van der Waals surface area contributed by atoms with E-state index in [0.717, 1.165) is 5.56 Å². The lowest BCUT2D eigenvalue weighted by Gasteiger charge is -2.52. The first-order valence-electron chi connectivity index (χ1n) is 10.7. The molecule has 2 amide bonds. The van der Waals surface area contributed by atoms with Gasteiger partial charge in [-0.05, 0) is 29.1 Å². The molecule has 6 nitrogen and oxygen atoms in total. The Bertz CT molecular complexity index is 798. The zero-order valence-electron chi connectivity index (χ0n) is 19.5. The molecule has 2 aliphatic heterocycles. The highest BCUT2D eigenvalue weighted by Gasteiger charge is 2.57. The number of amides is 2. The number of β-lactam (4-membered cyclic amide) rings is 1. The summed E-state index contributed by atoms with van der Waals surface area (Å²) in [6.45, 7) is 17.7. The van der Waals surface area contributed by atoms with E-state index in [0.29, 0.717) is 0 Å². The van der Waals surface area contributed by atoms with Crippen molar-refractivity contribution in [3.05, 3.63) is 35.9 Å². The SMILES string of the molecule is CC(C)(C)[C@H](O[Si](C)(C)C(C)(C)C)[C@H]1NC(=O)[C@@H]1N1C(=O)OC[C@@H]1c1ccccc1. The number of carbonyl (C=O) groups excluding carboxylic acids is 2. The molecule has 0 bridgehead atoms. The third-order valence-corrected chi connectivity index (χ3v) is 11.2. The highest BCUT2D eigenvalue weighted by molar-refractivity contribution is 6.74. The highest BCUT2D eigenvalue weighted by Crippen LogP contribution is 2.43. The maximum Gasteiger partial charge on any atom is 0.411 e. The Morgan fingerprint density at radius 1 is 1.10 bits per heavy atom. The molecule has 3 rings (SSSR count). The van der Waals surface area contributed by atoms with Gasteiger partial charge in [0.05, 0.1) is 18.2 Å². The summed E-state index contributed by atoms with van der Waals surface area (Å²) in [4.78, 5) is 27.0. The summed E-state index contributed by atoms with van der Waals surface area (Å²) in [5.74, 6) is -0.145. The van der Waals surface area contributed by atoms with Gasteiger partial charge in [0.15, 0.2) is 8.32 Å². The van der Waals surface area contributed by atoms with Gasteiger partial charge in [-0.3, -0.25) is 9.69 Å². The van der Waals surface area contributed by atoms with Crippen molar-refractivity contribution in [1.29, 1.82) is 0 Å². The van der Waals surface area contributed by atoms with Gasteiger partial charge in [0.2, 0.25) is 5.91 Å². The van der Waals surface area contributed by atoms with Crippen molar-refractivity contribution in [3.8, 4) is 0 Å². The molecule has 4 atom stereocenters. The van der Waals surface area contributed by atoms with E-state index in [1.807, 2.05) is 30.3 Å². The number of rotatable bonds is 5. The number of hydrogen-bond acceptors (Lipinski definition) is 4. The monoisotopic (exact) mass is 432 g/mol. The molecule has 2 fully saturated rings. The molecule has 7 heteroatoms. The molecule has 2 saturated heterocycles. The first kappa shape index (κ1) is 22.8. The van der Waals surface area contributed by atoms with Crippen LogP contribution in [-0.4, -0.2) is 50.0 Å². The summed E-state index contributed by atoms with van der Waals surface area (Å²) in [6, 6.07) is 8.61. The number of nitrogens with one attached hydrogen (secondary N) is 1. The Morgan fingerprint density at radius 3 is 2.20 bits per heavy atom. The van der Waals surface area contributed by atoms with Crippen molar-refractivity contribution in [2.24, 2.45) is 5.41 Å². The molecule has 0 spiro atoms. The summed E-state index contributed by atoms with van der Waals surface area (Å²) in [7, 11) is -2.10. The van der Waals surface area contributed by atoms with E-state index >= 15 is 0 Å². The molecular weight excluding hydrogens is 396 g/mol. The van der Waals surface area contributed by atoms with Crippen molar-refractivity contribution in [2.45, 2.75) is 83.9 Å². The molecule has 1 aromatic carbocycles. The molecule has 0 unspecified atom stereocenters. The quantitative estimate of drug-likeness (QED) is 0.550. The lowest BCUT2D eigenvalue weighted by atomic mass is 9.78. The molecule has 0 radical (unpaired) electrons. The maximum absolute atomic E-state index is 12.7. The van der Waals surface area contributed by atoms with Crippen molar-refractivity contribution >= 4 is 20.3 Å². The van der Waals surface area contributed by atoms with Crippen LogP contribution in [0.5, 0.6) is 0 Å². The van der Waals surface area contributed by atoms with Crippen molar-refractivity contribution in [1.82, 2.24) is 10.2 Å². The number of nitrogens with zero attached hydrogens (tertiary/aromatic N) is 1. The van der Waals surface area contributed by atoms with E-state index in [9.17, 15) is 9.59 Å². The van der Waals surface area contributed by atoms with Crippen LogP contribution in [0.3, 0.4) is 0 Å². The normalized spacial score (nSPS) is 26.1. The van der Waals surface area contributed by atoms with Crippen LogP contribution in [0.2, 0.25) is 18.1 Å². The van der Waals surface area contributed by atoms with Gasteiger partial charge >= 0.3 is 6.09 Å². The Morgan fingerprint density at radius 2 is 1.70 bits per heavy atom. The number of ether oxygens (including phenoxy) is 1. The standard InChI is InChI=1S/C23H36N2O4Si/c1-22(2,3)19(29-30(7,8)23(4,5)6)17-18(20(26)24-17)25-16(14-28-21(25)27)15-12-10-9-11-13-15/h9-13,16-19H,14H2,1-8H3,(H,24,26)/t16-,17+,18-,19-/m1/s1. The minimum absolute atomic E-state index is 0.0406. The number of carbonyl (C=O) groups is 2. The summed E-state index contributed by atoms with van der Waals surface area (Å²) in [5.41, 5.74) is 0.761. The first-order chi connectivity index (χ1) is 13.7. The van der Waals surface area contributed by atoms with Gasteiger partial charge in [0.25, 0.3) is 0 Å². The largest absolute Gasteiger partial charge is 0.447 e. The van der Waals surface area contributed by atoms with Crippen LogP contribution in [0, 0.1) is 5.41 Å². The van der Waals surface area contributed by atoms with Crippen LogP contribution < -0.4 is 5.32 Å². The predicted octanol–water partition coefficient (Wildman–Crippen LogP) is 4.48. The molecular formula is C23H36N2O4Si. The molecule has 30 heavy (non-hydrogen) atoms. The number of hydrogen-bond donors (Lipinski definition) is 1. The molecule has 166 valence electrons. The van der Waals surface area contributed by atoms with Crippen molar-refractivity contribution < 1.29 is 18.8 Å². The third kappa shape index (κ3) is 4.14. The second-order valence-corrected chi connectivity index (χ2v) is 15.8. The van der Waals surface area contributed by atoms with E-state index in [-0.39, 0.29) is 41.2 Å². The summed E-state index contributed by atoms with van der Waals surface area (Å²) in [6.07, 6.45) is -0.653. The summed E-state index contributed by atoms with van der Waals surface area (Å²) in [5, 5.41) is 3.09. The average molecular weight is 433 g/mol. The fourth-order valence-corrected chi connectivity index (χ4v) is 5.38. The Kier molecular flexibility index (Phi) is 5.84. The van der Waals surface area contributed by atoms with Crippen LogP contribution in [0.25, 0.3) is 0 Å². The second kappa shape index (κ2) is 7.68. The van der Waals surface area contributed by atoms with Crippen LogP contribution in [0.1, 0.15) is 53.1 Å². The third-order valence-electron chi connectivity index (χ3n) is 6.72. The number of benzene rings is 1. The van der Waals surface area contributed by atoms with Crippen LogP contribution in [0.15, 0.2) is 30.3 Å². The van der Waals surface area contributed by atoms with E-state index in [4.69, 9.17) is 9.16 Å². The molecule has 2 aliphatic rings. The second-order valence-electron chi connectivity index (χ2n) is 11.1. The first-order valence-corrected chi connectivity index (χ1v) is 13.6. The zero-order valence-corrected chi connectivity index (χ0v) is 20.5. The Balaban J connectivity index is 1.93. The van der Waals surface area contributed by atoms with E-state index in [1.165, 1.54) is 0 Å². The van der Waals surface area contributed by atoms with E-state index in [1.54, 1.807) is 4.90 Å². The minimum Gasteiger partial charge on any atom is -0.447 e. The van der Waals surface area contributed by atoms with Gasteiger partial charge in [0, 0.05) is 0 Å².